The number of aromatic nitrogens is 1. The molecule has 1 spiro atoms. The van der Waals surface area contributed by atoms with Gasteiger partial charge < -0.3 is 0 Å². The highest BCUT2D eigenvalue weighted by Gasteiger charge is 2.72. The van der Waals surface area contributed by atoms with Crippen LogP contribution in [0.3, 0.4) is 0 Å². The molecular weight excluding hydrogens is 346 g/mol. The smallest absolute Gasteiger partial charge is 0.235 e. The summed E-state index contributed by atoms with van der Waals surface area (Å²) in [5, 5.41) is 3.11. The molecule has 7 nitrogen and oxygen atoms in total. The van der Waals surface area contributed by atoms with Crippen molar-refractivity contribution in [1.29, 1.82) is 0 Å². The summed E-state index contributed by atoms with van der Waals surface area (Å²) in [7, 11) is 1.40. The van der Waals surface area contributed by atoms with Crippen LogP contribution in [0.2, 0.25) is 0 Å². The summed E-state index contributed by atoms with van der Waals surface area (Å²) in [5.41, 5.74) is -0.505. The van der Waals surface area contributed by atoms with E-state index in [1.807, 2.05) is 0 Å². The van der Waals surface area contributed by atoms with Gasteiger partial charge in [0, 0.05) is 36.6 Å². The number of rotatable bonds is 1. The number of ketones is 2. The Hall–Kier alpha value is -3.19. The Balaban J connectivity index is 1.73. The van der Waals surface area contributed by atoms with Gasteiger partial charge in [-0.05, 0) is 11.6 Å². The third-order valence-electron chi connectivity index (χ3n) is 5.96. The minimum Gasteiger partial charge on any atom is -0.291 e. The van der Waals surface area contributed by atoms with Gasteiger partial charge in [0.05, 0.1) is 11.8 Å². The quantitative estimate of drug-likeness (QED) is 0.595. The van der Waals surface area contributed by atoms with Crippen molar-refractivity contribution in [3.05, 3.63) is 65.5 Å². The van der Waals surface area contributed by atoms with Gasteiger partial charge in [0.2, 0.25) is 11.8 Å². The van der Waals surface area contributed by atoms with E-state index in [1.165, 1.54) is 7.05 Å². The lowest BCUT2D eigenvalue weighted by atomic mass is 9.76. The first-order valence-corrected chi connectivity index (χ1v) is 8.66. The standard InChI is InChI=1S/C20H15N3O4/c1-23-18(26)13-14(19(23)27)20(22-15(13)10-5-4-8-21-9-10)16(24)11-6-2-3-7-12(11)17(20)25/h2-9,13-15,22H,1H3/t13-,14-,15-/m0/s1. The van der Waals surface area contributed by atoms with Crippen LogP contribution < -0.4 is 5.32 Å². The van der Waals surface area contributed by atoms with Crippen LogP contribution in [-0.4, -0.2) is 45.9 Å². The Morgan fingerprint density at radius 3 is 2.22 bits per heavy atom. The number of hydrogen-bond acceptors (Lipinski definition) is 6. The Kier molecular flexibility index (Phi) is 3.07. The number of Topliss-reactive ketones (excluding diaryl/α,β-unsaturated/α-hetero) is 2. The van der Waals surface area contributed by atoms with E-state index in [2.05, 4.69) is 10.3 Å². The lowest BCUT2D eigenvalue weighted by molar-refractivity contribution is -0.139. The number of imide groups is 1. The maximum Gasteiger partial charge on any atom is 0.235 e. The highest BCUT2D eigenvalue weighted by molar-refractivity contribution is 6.35. The van der Waals surface area contributed by atoms with E-state index in [0.717, 1.165) is 4.90 Å². The summed E-state index contributed by atoms with van der Waals surface area (Å²) in [6, 6.07) is 9.38. The molecule has 2 aromatic rings. The van der Waals surface area contributed by atoms with Gasteiger partial charge in [0.1, 0.15) is 0 Å². The molecule has 2 fully saturated rings. The molecule has 1 aromatic heterocycles. The summed E-state index contributed by atoms with van der Waals surface area (Å²) >= 11 is 0. The maximum atomic E-state index is 13.3. The van der Waals surface area contributed by atoms with Crippen molar-refractivity contribution >= 4 is 23.4 Å². The monoisotopic (exact) mass is 361 g/mol. The normalized spacial score (nSPS) is 28.2. The molecule has 7 heteroatoms. The van der Waals surface area contributed by atoms with Gasteiger partial charge in [0.15, 0.2) is 17.1 Å². The molecular formula is C20H15N3O4. The number of nitrogens with one attached hydrogen (secondary N) is 1. The molecule has 1 aliphatic carbocycles. The van der Waals surface area contributed by atoms with E-state index in [0.29, 0.717) is 5.56 Å². The van der Waals surface area contributed by atoms with Crippen molar-refractivity contribution in [2.45, 2.75) is 11.6 Å². The number of amides is 2. The van der Waals surface area contributed by atoms with Crippen LogP contribution >= 0.6 is 0 Å². The van der Waals surface area contributed by atoms with Crippen molar-refractivity contribution in [2.75, 3.05) is 7.05 Å². The fourth-order valence-corrected chi connectivity index (χ4v) is 4.72. The summed E-state index contributed by atoms with van der Waals surface area (Å²) < 4.78 is 0. The lowest BCUT2D eigenvalue weighted by Gasteiger charge is -2.27. The van der Waals surface area contributed by atoms with Crippen molar-refractivity contribution < 1.29 is 19.2 Å². The van der Waals surface area contributed by atoms with Crippen LogP contribution in [-0.2, 0) is 9.59 Å². The zero-order valence-electron chi connectivity index (χ0n) is 14.4. The Labute approximate surface area is 154 Å². The van der Waals surface area contributed by atoms with Crippen molar-refractivity contribution in [1.82, 2.24) is 15.2 Å². The number of fused-ring (bicyclic) bond motifs is 3. The fraction of sp³-hybridized carbons (Fsp3) is 0.250. The third-order valence-corrected chi connectivity index (χ3v) is 5.96. The van der Waals surface area contributed by atoms with Gasteiger partial charge in [-0.1, -0.05) is 30.3 Å². The van der Waals surface area contributed by atoms with Crippen molar-refractivity contribution in [3.8, 4) is 0 Å². The van der Waals surface area contributed by atoms with E-state index in [-0.39, 0.29) is 17.0 Å². The first kappa shape index (κ1) is 16.0. The largest absolute Gasteiger partial charge is 0.291 e. The zero-order valence-corrected chi connectivity index (χ0v) is 14.4. The molecule has 5 rings (SSSR count). The second kappa shape index (κ2) is 5.17. The summed E-state index contributed by atoms with van der Waals surface area (Å²) in [6.45, 7) is 0. The molecule has 0 unspecified atom stereocenters. The van der Waals surface area contributed by atoms with E-state index in [1.54, 1.807) is 48.8 Å². The molecule has 134 valence electrons. The minimum absolute atomic E-state index is 0.287. The average molecular weight is 361 g/mol. The van der Waals surface area contributed by atoms with E-state index in [4.69, 9.17) is 0 Å². The average Bonchev–Trinajstić information content (AvgIpc) is 3.25. The second-order valence-electron chi connectivity index (χ2n) is 7.16. The number of carbonyl (C=O) groups is 4. The summed E-state index contributed by atoms with van der Waals surface area (Å²) in [5.74, 6) is -3.67. The SMILES string of the molecule is CN1C(=O)[C@H]2[C@@H](C1=O)C1(N[C@H]2c2cccnc2)C(=O)c2ccccc2C1=O. The number of carbonyl (C=O) groups excluding carboxylic acids is 4. The summed E-state index contributed by atoms with van der Waals surface area (Å²) in [6.07, 6.45) is 3.18. The van der Waals surface area contributed by atoms with Gasteiger partial charge >= 0.3 is 0 Å². The van der Waals surface area contributed by atoms with Gasteiger partial charge in [-0.25, -0.2) is 0 Å². The molecule has 0 saturated carbocycles. The Morgan fingerprint density at radius 1 is 0.963 bits per heavy atom. The minimum atomic E-state index is -1.74. The first-order chi connectivity index (χ1) is 13.0. The van der Waals surface area contributed by atoms with Crippen molar-refractivity contribution in [2.24, 2.45) is 11.8 Å². The van der Waals surface area contributed by atoms with Gasteiger partial charge in [-0.15, -0.1) is 0 Å². The molecule has 0 bridgehead atoms. The van der Waals surface area contributed by atoms with Crippen LogP contribution in [0.5, 0.6) is 0 Å². The predicted molar refractivity (Wildman–Crippen MR) is 92.7 cm³/mol. The van der Waals surface area contributed by atoms with Crippen LogP contribution in [0, 0.1) is 11.8 Å². The van der Waals surface area contributed by atoms with Gasteiger partial charge in [0.25, 0.3) is 0 Å². The molecule has 3 atom stereocenters. The molecule has 3 aliphatic rings. The molecule has 0 radical (unpaired) electrons. The molecule has 27 heavy (non-hydrogen) atoms. The molecule has 2 saturated heterocycles. The lowest BCUT2D eigenvalue weighted by Crippen LogP contribution is -2.57. The molecule has 2 aliphatic heterocycles. The van der Waals surface area contributed by atoms with E-state index < -0.39 is 40.9 Å². The second-order valence-corrected chi connectivity index (χ2v) is 7.16. The predicted octanol–water partition coefficient (Wildman–Crippen LogP) is 0.775. The van der Waals surface area contributed by atoms with Crippen LogP contribution in [0.4, 0.5) is 0 Å². The number of likely N-dealkylation sites (tertiary alicyclic amines) is 1. The molecule has 1 aromatic carbocycles. The number of hydrogen-bond donors (Lipinski definition) is 1. The Bertz CT molecular complexity index is 998. The van der Waals surface area contributed by atoms with Crippen LogP contribution in [0.1, 0.15) is 32.3 Å². The van der Waals surface area contributed by atoms with Crippen LogP contribution in [0.25, 0.3) is 0 Å². The van der Waals surface area contributed by atoms with E-state index >= 15 is 0 Å². The molecule has 3 heterocycles. The summed E-state index contributed by atoms with van der Waals surface area (Å²) in [4.78, 5) is 57.5. The number of benzene rings is 1. The van der Waals surface area contributed by atoms with E-state index in [9.17, 15) is 19.2 Å². The van der Waals surface area contributed by atoms with Gasteiger partial charge in [-0.3, -0.25) is 34.4 Å². The van der Waals surface area contributed by atoms with Crippen molar-refractivity contribution in [3.63, 3.8) is 0 Å². The fourth-order valence-electron chi connectivity index (χ4n) is 4.72. The Morgan fingerprint density at radius 2 is 1.63 bits per heavy atom. The highest BCUT2D eigenvalue weighted by Crippen LogP contribution is 2.52. The third kappa shape index (κ3) is 1.77. The van der Waals surface area contributed by atoms with Gasteiger partial charge in [-0.2, -0.15) is 0 Å². The molecule has 2 amide bonds. The first-order valence-electron chi connectivity index (χ1n) is 8.66. The number of nitrogens with zero attached hydrogens (tertiary/aromatic N) is 2. The zero-order chi connectivity index (χ0) is 18.9. The molecule has 1 N–H and O–H groups in total. The topological polar surface area (TPSA) is 96.4 Å². The highest BCUT2D eigenvalue weighted by atomic mass is 16.2. The maximum absolute atomic E-state index is 13.3. The van der Waals surface area contributed by atoms with Crippen LogP contribution in [0.15, 0.2) is 48.8 Å². The number of pyridine rings is 1.